The number of nitrogens with one attached hydrogen (secondary N) is 1. The van der Waals surface area contributed by atoms with Crippen molar-refractivity contribution >= 4 is 17.0 Å². The van der Waals surface area contributed by atoms with Gasteiger partial charge in [-0.05, 0) is 18.1 Å². The highest BCUT2D eigenvalue weighted by Crippen LogP contribution is 2.11. The SMILES string of the molecule is CCC(C)C(O)CNC(=O)Cn1c(=O)oc2ccccc21. The Morgan fingerprint density at radius 3 is 2.86 bits per heavy atom. The van der Waals surface area contributed by atoms with Crippen molar-refractivity contribution in [2.24, 2.45) is 5.92 Å². The van der Waals surface area contributed by atoms with Gasteiger partial charge in [-0.1, -0.05) is 32.4 Å². The lowest BCUT2D eigenvalue weighted by Gasteiger charge is -2.17. The van der Waals surface area contributed by atoms with Gasteiger partial charge >= 0.3 is 5.76 Å². The van der Waals surface area contributed by atoms with E-state index in [2.05, 4.69) is 5.32 Å². The van der Waals surface area contributed by atoms with Gasteiger partial charge in [-0.15, -0.1) is 0 Å². The Morgan fingerprint density at radius 1 is 1.43 bits per heavy atom. The molecule has 1 aromatic heterocycles. The fourth-order valence-corrected chi connectivity index (χ4v) is 2.05. The lowest BCUT2D eigenvalue weighted by atomic mass is 10.0. The van der Waals surface area contributed by atoms with Crippen LogP contribution in [0.25, 0.3) is 11.1 Å². The van der Waals surface area contributed by atoms with Crippen molar-refractivity contribution in [3.05, 3.63) is 34.8 Å². The van der Waals surface area contributed by atoms with Gasteiger partial charge in [0.2, 0.25) is 5.91 Å². The van der Waals surface area contributed by atoms with Crippen LogP contribution in [0.4, 0.5) is 0 Å². The number of fused-ring (bicyclic) bond motifs is 1. The summed E-state index contributed by atoms with van der Waals surface area (Å²) < 4.78 is 6.34. The molecule has 114 valence electrons. The highest BCUT2D eigenvalue weighted by Gasteiger charge is 2.15. The first-order chi connectivity index (χ1) is 10.0. The number of para-hydroxylation sites is 2. The summed E-state index contributed by atoms with van der Waals surface area (Å²) in [5.74, 6) is -0.775. The standard InChI is InChI=1S/C15H20N2O4/c1-3-10(2)12(18)8-16-14(19)9-17-11-6-4-5-7-13(11)21-15(17)20/h4-7,10,12,18H,3,8-9H2,1-2H3,(H,16,19). The molecule has 6 nitrogen and oxygen atoms in total. The quantitative estimate of drug-likeness (QED) is 0.835. The van der Waals surface area contributed by atoms with Crippen LogP contribution < -0.4 is 11.1 Å². The van der Waals surface area contributed by atoms with Gasteiger partial charge in [-0.3, -0.25) is 9.36 Å². The average Bonchev–Trinajstić information content (AvgIpc) is 2.80. The summed E-state index contributed by atoms with van der Waals surface area (Å²) in [7, 11) is 0. The molecule has 0 aliphatic carbocycles. The number of oxazole rings is 1. The monoisotopic (exact) mass is 292 g/mol. The van der Waals surface area contributed by atoms with E-state index < -0.39 is 11.9 Å². The Labute approximate surface area is 122 Å². The van der Waals surface area contributed by atoms with Crippen molar-refractivity contribution in [1.29, 1.82) is 0 Å². The molecule has 2 aromatic rings. The minimum absolute atomic E-state index is 0.114. The zero-order valence-electron chi connectivity index (χ0n) is 12.2. The molecule has 21 heavy (non-hydrogen) atoms. The number of aromatic nitrogens is 1. The van der Waals surface area contributed by atoms with Crippen LogP contribution in [0.3, 0.4) is 0 Å². The van der Waals surface area contributed by atoms with Crippen LogP contribution in [-0.4, -0.2) is 28.2 Å². The van der Waals surface area contributed by atoms with Crippen LogP contribution in [-0.2, 0) is 11.3 Å². The van der Waals surface area contributed by atoms with Crippen LogP contribution in [0, 0.1) is 5.92 Å². The maximum absolute atomic E-state index is 11.9. The van der Waals surface area contributed by atoms with E-state index in [0.29, 0.717) is 11.1 Å². The molecule has 1 heterocycles. The average molecular weight is 292 g/mol. The summed E-state index contributed by atoms with van der Waals surface area (Å²) >= 11 is 0. The van der Waals surface area contributed by atoms with Crippen LogP contribution >= 0.6 is 0 Å². The maximum Gasteiger partial charge on any atom is 0.420 e. The molecular weight excluding hydrogens is 272 g/mol. The molecule has 1 aromatic carbocycles. The molecule has 0 saturated heterocycles. The summed E-state index contributed by atoms with van der Waals surface area (Å²) in [6.07, 6.45) is 0.250. The Morgan fingerprint density at radius 2 is 2.14 bits per heavy atom. The predicted octanol–water partition coefficient (Wildman–Crippen LogP) is 1.12. The lowest BCUT2D eigenvalue weighted by molar-refractivity contribution is -0.122. The summed E-state index contributed by atoms with van der Waals surface area (Å²) in [5, 5.41) is 12.5. The minimum atomic E-state index is -0.586. The number of hydrogen-bond donors (Lipinski definition) is 2. The van der Waals surface area contributed by atoms with E-state index in [0.717, 1.165) is 6.42 Å². The minimum Gasteiger partial charge on any atom is -0.408 e. The number of aliphatic hydroxyl groups is 1. The maximum atomic E-state index is 11.9. The molecule has 6 heteroatoms. The molecule has 0 aliphatic rings. The van der Waals surface area contributed by atoms with E-state index in [1.165, 1.54) is 4.57 Å². The molecule has 2 unspecified atom stereocenters. The Kier molecular flexibility index (Phi) is 4.80. The Balaban J connectivity index is 2.02. The molecule has 0 radical (unpaired) electrons. The third kappa shape index (κ3) is 3.52. The molecule has 0 fully saturated rings. The van der Waals surface area contributed by atoms with Crippen molar-refractivity contribution in [3.63, 3.8) is 0 Å². The number of hydrogen-bond acceptors (Lipinski definition) is 4. The molecule has 0 saturated carbocycles. The summed E-state index contributed by atoms with van der Waals surface area (Å²) in [5.41, 5.74) is 1.04. The molecule has 2 N–H and O–H groups in total. The zero-order valence-corrected chi connectivity index (χ0v) is 12.2. The Hall–Kier alpha value is -2.08. The topological polar surface area (TPSA) is 84.5 Å². The summed E-state index contributed by atoms with van der Waals surface area (Å²) in [6, 6.07) is 6.94. The summed E-state index contributed by atoms with van der Waals surface area (Å²) in [6.45, 7) is 3.96. The number of rotatable bonds is 6. The second-order valence-electron chi connectivity index (χ2n) is 5.18. The third-order valence-corrected chi connectivity index (χ3v) is 3.68. The largest absolute Gasteiger partial charge is 0.420 e. The van der Waals surface area contributed by atoms with Gasteiger partial charge in [0.05, 0.1) is 11.6 Å². The van der Waals surface area contributed by atoms with Crippen molar-refractivity contribution in [2.45, 2.75) is 32.9 Å². The van der Waals surface area contributed by atoms with E-state index in [4.69, 9.17) is 4.42 Å². The number of carbonyl (C=O) groups excluding carboxylic acids is 1. The number of amides is 1. The molecule has 0 aliphatic heterocycles. The predicted molar refractivity (Wildman–Crippen MR) is 78.9 cm³/mol. The van der Waals surface area contributed by atoms with E-state index in [1.807, 2.05) is 13.8 Å². The Bertz CT molecular complexity index is 674. The molecule has 2 atom stereocenters. The molecular formula is C15H20N2O4. The van der Waals surface area contributed by atoms with Gasteiger partial charge < -0.3 is 14.8 Å². The third-order valence-electron chi connectivity index (χ3n) is 3.68. The number of benzene rings is 1. The summed E-state index contributed by atoms with van der Waals surface area (Å²) in [4.78, 5) is 23.6. The van der Waals surface area contributed by atoms with Crippen molar-refractivity contribution in [1.82, 2.24) is 9.88 Å². The lowest BCUT2D eigenvalue weighted by Crippen LogP contribution is -2.38. The highest BCUT2D eigenvalue weighted by atomic mass is 16.4. The van der Waals surface area contributed by atoms with Gasteiger partial charge in [-0.2, -0.15) is 0 Å². The number of carbonyl (C=O) groups is 1. The second-order valence-corrected chi connectivity index (χ2v) is 5.18. The van der Waals surface area contributed by atoms with E-state index in [9.17, 15) is 14.7 Å². The fraction of sp³-hybridized carbons (Fsp3) is 0.467. The zero-order chi connectivity index (χ0) is 15.4. The number of nitrogens with zero attached hydrogens (tertiary/aromatic N) is 1. The molecule has 0 bridgehead atoms. The van der Waals surface area contributed by atoms with E-state index in [-0.39, 0.29) is 24.9 Å². The fourth-order valence-electron chi connectivity index (χ4n) is 2.05. The van der Waals surface area contributed by atoms with Crippen molar-refractivity contribution < 1.29 is 14.3 Å². The van der Waals surface area contributed by atoms with Gasteiger partial charge in [0, 0.05) is 6.54 Å². The number of aliphatic hydroxyl groups excluding tert-OH is 1. The molecule has 0 spiro atoms. The van der Waals surface area contributed by atoms with Crippen molar-refractivity contribution in [3.8, 4) is 0 Å². The molecule has 1 amide bonds. The van der Waals surface area contributed by atoms with Gasteiger partial charge in [0.25, 0.3) is 0 Å². The van der Waals surface area contributed by atoms with Crippen molar-refractivity contribution in [2.75, 3.05) is 6.54 Å². The van der Waals surface area contributed by atoms with Crippen LogP contribution in [0.15, 0.2) is 33.5 Å². The van der Waals surface area contributed by atoms with Crippen LogP contribution in [0.2, 0.25) is 0 Å². The first-order valence-corrected chi connectivity index (χ1v) is 7.06. The van der Waals surface area contributed by atoms with Gasteiger partial charge in [0.15, 0.2) is 5.58 Å². The molecule has 2 rings (SSSR count). The van der Waals surface area contributed by atoms with Gasteiger partial charge in [-0.25, -0.2) is 4.79 Å². The van der Waals surface area contributed by atoms with E-state index in [1.54, 1.807) is 24.3 Å². The van der Waals surface area contributed by atoms with E-state index >= 15 is 0 Å². The second kappa shape index (κ2) is 6.58. The smallest absolute Gasteiger partial charge is 0.408 e. The first-order valence-electron chi connectivity index (χ1n) is 7.06. The van der Waals surface area contributed by atoms with Gasteiger partial charge in [0.1, 0.15) is 6.54 Å². The van der Waals surface area contributed by atoms with Crippen LogP contribution in [0.5, 0.6) is 0 Å². The highest BCUT2D eigenvalue weighted by molar-refractivity contribution is 5.79. The first kappa shape index (κ1) is 15.3. The normalized spacial score (nSPS) is 14.0. The van der Waals surface area contributed by atoms with Crippen LogP contribution in [0.1, 0.15) is 20.3 Å².